The fourth-order valence-corrected chi connectivity index (χ4v) is 0.339. The summed E-state index contributed by atoms with van der Waals surface area (Å²) in [5, 5.41) is 11.1. The van der Waals surface area contributed by atoms with Crippen LogP contribution in [0.3, 0.4) is 0 Å². The van der Waals surface area contributed by atoms with E-state index in [0.717, 1.165) is 0 Å². The first-order valence-corrected chi connectivity index (χ1v) is 2.79. The van der Waals surface area contributed by atoms with Crippen molar-refractivity contribution >= 4 is 5.71 Å². The van der Waals surface area contributed by atoms with E-state index < -0.39 is 0 Å². The molecule has 0 bridgehead atoms. The standard InChI is InChI=1S/C7H11NO/c1-3-4-5-6-7(2)8-9/h3-6,9H,1-2H3. The minimum Gasteiger partial charge on any atom is -0.411 e. The maximum absolute atomic E-state index is 8.15. The molecule has 0 aromatic rings. The van der Waals surface area contributed by atoms with Crippen molar-refractivity contribution in [2.24, 2.45) is 5.16 Å². The molecular formula is C7H11NO. The summed E-state index contributed by atoms with van der Waals surface area (Å²) in [6, 6.07) is 0. The van der Waals surface area contributed by atoms with Crippen molar-refractivity contribution < 1.29 is 5.21 Å². The first-order valence-electron chi connectivity index (χ1n) is 2.79. The zero-order chi connectivity index (χ0) is 7.11. The fourth-order valence-electron chi connectivity index (χ4n) is 0.339. The normalized spacial score (nSPS) is 13.8. The van der Waals surface area contributed by atoms with Crippen molar-refractivity contribution in [3.05, 3.63) is 24.3 Å². The zero-order valence-electron chi connectivity index (χ0n) is 5.70. The van der Waals surface area contributed by atoms with Gasteiger partial charge >= 0.3 is 0 Å². The second-order valence-electron chi connectivity index (χ2n) is 1.63. The first-order chi connectivity index (χ1) is 4.31. The third-order valence-electron chi connectivity index (χ3n) is 0.799. The highest BCUT2D eigenvalue weighted by atomic mass is 16.4. The highest BCUT2D eigenvalue weighted by Crippen LogP contribution is 1.80. The van der Waals surface area contributed by atoms with E-state index in [1.54, 1.807) is 13.0 Å². The Labute approximate surface area is 55.2 Å². The Morgan fingerprint density at radius 1 is 1.44 bits per heavy atom. The molecule has 50 valence electrons. The predicted molar refractivity (Wildman–Crippen MR) is 38.8 cm³/mol. The summed E-state index contributed by atoms with van der Waals surface area (Å²) in [6.07, 6.45) is 7.31. The van der Waals surface area contributed by atoms with Crippen LogP contribution in [0.5, 0.6) is 0 Å². The van der Waals surface area contributed by atoms with Gasteiger partial charge < -0.3 is 5.21 Å². The highest BCUT2D eigenvalue weighted by molar-refractivity contribution is 5.92. The summed E-state index contributed by atoms with van der Waals surface area (Å²) in [6.45, 7) is 3.65. The van der Waals surface area contributed by atoms with Gasteiger partial charge in [-0.2, -0.15) is 0 Å². The second-order valence-corrected chi connectivity index (χ2v) is 1.63. The molecule has 0 spiro atoms. The van der Waals surface area contributed by atoms with Crippen molar-refractivity contribution in [3.63, 3.8) is 0 Å². The van der Waals surface area contributed by atoms with E-state index in [1.165, 1.54) is 0 Å². The third-order valence-corrected chi connectivity index (χ3v) is 0.799. The Balaban J connectivity index is 3.71. The van der Waals surface area contributed by atoms with Gasteiger partial charge in [-0.25, -0.2) is 0 Å². The average Bonchev–Trinajstić information content (AvgIpc) is 1.89. The van der Waals surface area contributed by atoms with Gasteiger partial charge in [0.2, 0.25) is 0 Å². The summed E-state index contributed by atoms with van der Waals surface area (Å²) in [5.74, 6) is 0. The van der Waals surface area contributed by atoms with E-state index in [2.05, 4.69) is 5.16 Å². The summed E-state index contributed by atoms with van der Waals surface area (Å²) in [7, 11) is 0. The molecule has 9 heavy (non-hydrogen) atoms. The molecule has 0 unspecified atom stereocenters. The van der Waals surface area contributed by atoms with E-state index in [-0.39, 0.29) is 0 Å². The molecular weight excluding hydrogens is 114 g/mol. The number of oxime groups is 1. The summed E-state index contributed by atoms with van der Waals surface area (Å²) < 4.78 is 0. The van der Waals surface area contributed by atoms with Gasteiger partial charge in [0.25, 0.3) is 0 Å². The lowest BCUT2D eigenvalue weighted by molar-refractivity contribution is 0.319. The second kappa shape index (κ2) is 5.09. The van der Waals surface area contributed by atoms with Crippen molar-refractivity contribution in [2.75, 3.05) is 0 Å². The van der Waals surface area contributed by atoms with Crippen LogP contribution in [-0.4, -0.2) is 10.9 Å². The molecule has 0 fully saturated rings. The SMILES string of the molecule is CC=CC=CC(C)=NO. The average molecular weight is 125 g/mol. The van der Waals surface area contributed by atoms with Crippen molar-refractivity contribution in [3.8, 4) is 0 Å². The van der Waals surface area contributed by atoms with Gasteiger partial charge in [-0.15, -0.1) is 0 Å². The topological polar surface area (TPSA) is 32.6 Å². The van der Waals surface area contributed by atoms with Crippen LogP contribution in [0, 0.1) is 0 Å². The fraction of sp³-hybridized carbons (Fsp3) is 0.286. The van der Waals surface area contributed by atoms with Crippen molar-refractivity contribution in [1.82, 2.24) is 0 Å². The van der Waals surface area contributed by atoms with Crippen LogP contribution >= 0.6 is 0 Å². The maximum atomic E-state index is 8.15. The van der Waals surface area contributed by atoms with E-state index in [9.17, 15) is 0 Å². The molecule has 0 radical (unpaired) electrons. The molecule has 0 aliphatic rings. The lowest BCUT2D eigenvalue weighted by Gasteiger charge is -1.80. The molecule has 0 aliphatic heterocycles. The minimum atomic E-state index is 0.605. The van der Waals surface area contributed by atoms with Crippen LogP contribution in [0.25, 0.3) is 0 Å². The Bertz CT molecular complexity index is 145. The quantitative estimate of drug-likeness (QED) is 0.260. The number of hydrogen-bond donors (Lipinski definition) is 1. The molecule has 0 saturated carbocycles. The van der Waals surface area contributed by atoms with Crippen LogP contribution in [0.4, 0.5) is 0 Å². The largest absolute Gasteiger partial charge is 0.411 e. The molecule has 2 nitrogen and oxygen atoms in total. The summed E-state index contributed by atoms with van der Waals surface area (Å²) in [5.41, 5.74) is 0.605. The highest BCUT2D eigenvalue weighted by Gasteiger charge is 1.75. The van der Waals surface area contributed by atoms with Gasteiger partial charge in [-0.3, -0.25) is 0 Å². The first kappa shape index (κ1) is 7.95. The Kier molecular flexibility index (Phi) is 4.50. The van der Waals surface area contributed by atoms with Gasteiger partial charge in [0, 0.05) is 0 Å². The lowest BCUT2D eigenvalue weighted by Crippen LogP contribution is -1.80. The van der Waals surface area contributed by atoms with Crippen LogP contribution in [0.2, 0.25) is 0 Å². The maximum Gasteiger partial charge on any atom is 0.0764 e. The van der Waals surface area contributed by atoms with Gasteiger partial charge in [-0.05, 0) is 19.9 Å². The molecule has 0 aromatic heterocycles. The molecule has 2 heteroatoms. The smallest absolute Gasteiger partial charge is 0.0764 e. The predicted octanol–water partition coefficient (Wildman–Crippen LogP) is 1.97. The Morgan fingerprint density at radius 2 is 2.11 bits per heavy atom. The molecule has 0 aliphatic carbocycles. The molecule has 0 atom stereocenters. The molecule has 0 rings (SSSR count). The molecule has 1 N–H and O–H groups in total. The number of nitrogens with zero attached hydrogens (tertiary/aromatic N) is 1. The zero-order valence-corrected chi connectivity index (χ0v) is 5.70. The molecule has 0 amide bonds. The van der Waals surface area contributed by atoms with Gasteiger partial charge in [0.15, 0.2) is 0 Å². The van der Waals surface area contributed by atoms with Crippen molar-refractivity contribution in [1.29, 1.82) is 0 Å². The number of rotatable bonds is 2. The molecule has 0 aromatic carbocycles. The minimum absolute atomic E-state index is 0.605. The van der Waals surface area contributed by atoms with Crippen LogP contribution in [0.15, 0.2) is 29.5 Å². The number of allylic oxidation sites excluding steroid dienone is 4. The lowest BCUT2D eigenvalue weighted by atomic mass is 10.3. The van der Waals surface area contributed by atoms with E-state index >= 15 is 0 Å². The van der Waals surface area contributed by atoms with E-state index in [1.807, 2.05) is 25.2 Å². The van der Waals surface area contributed by atoms with Crippen LogP contribution < -0.4 is 0 Å². The van der Waals surface area contributed by atoms with Crippen molar-refractivity contribution in [2.45, 2.75) is 13.8 Å². The summed E-state index contributed by atoms with van der Waals surface area (Å²) >= 11 is 0. The van der Waals surface area contributed by atoms with Gasteiger partial charge in [-0.1, -0.05) is 23.4 Å². The van der Waals surface area contributed by atoms with Gasteiger partial charge in [0.1, 0.15) is 0 Å². The van der Waals surface area contributed by atoms with Crippen LogP contribution in [0.1, 0.15) is 13.8 Å². The Morgan fingerprint density at radius 3 is 2.56 bits per heavy atom. The van der Waals surface area contributed by atoms with Gasteiger partial charge in [0.05, 0.1) is 5.71 Å². The molecule has 0 heterocycles. The molecule has 0 saturated heterocycles. The third kappa shape index (κ3) is 4.81. The van der Waals surface area contributed by atoms with Crippen LogP contribution in [-0.2, 0) is 0 Å². The number of hydrogen-bond acceptors (Lipinski definition) is 2. The van der Waals surface area contributed by atoms with E-state index in [4.69, 9.17) is 5.21 Å². The monoisotopic (exact) mass is 125 g/mol. The van der Waals surface area contributed by atoms with E-state index in [0.29, 0.717) is 5.71 Å². The summed E-state index contributed by atoms with van der Waals surface area (Å²) in [4.78, 5) is 0. The Hall–Kier alpha value is -1.05.